The first-order valence-electron chi connectivity index (χ1n) is 7.54. The molecule has 1 aliphatic carbocycles. The minimum atomic E-state index is -0.157. The molecule has 0 spiro atoms. The van der Waals surface area contributed by atoms with Gasteiger partial charge in [0.15, 0.2) is 5.78 Å². The predicted molar refractivity (Wildman–Crippen MR) is 91.1 cm³/mol. The molecule has 23 heavy (non-hydrogen) atoms. The van der Waals surface area contributed by atoms with Crippen LogP contribution in [0.2, 0.25) is 10.0 Å². The molecule has 4 nitrogen and oxygen atoms in total. The molecule has 0 atom stereocenters. The third-order valence-electron chi connectivity index (χ3n) is 4.52. The van der Waals surface area contributed by atoms with Crippen LogP contribution in [-0.2, 0) is 11.8 Å². The molecule has 1 fully saturated rings. The highest BCUT2D eigenvalue weighted by Crippen LogP contribution is 2.48. The van der Waals surface area contributed by atoms with E-state index in [1.165, 1.54) is 0 Å². The average molecular weight is 350 g/mol. The molecule has 6 heteroatoms. The fourth-order valence-electron chi connectivity index (χ4n) is 3.08. The number of carbonyl (C=O) groups is 1. The molecule has 2 N–H and O–H groups in total. The van der Waals surface area contributed by atoms with Crippen LogP contribution < -0.4 is 5.73 Å². The lowest BCUT2D eigenvalue weighted by molar-refractivity contribution is 0.100. The van der Waals surface area contributed by atoms with Crippen LogP contribution in [-0.4, -0.2) is 22.3 Å². The summed E-state index contributed by atoms with van der Waals surface area (Å²) in [5.74, 6) is 0.556. The van der Waals surface area contributed by atoms with Crippen molar-refractivity contribution in [1.29, 1.82) is 0 Å². The SMILES string of the molecule is NCC(=O)c1cnc(CC2(c3ccc(Cl)cc3Cl)CCC2)nc1. The summed E-state index contributed by atoms with van der Waals surface area (Å²) in [7, 11) is 0. The van der Waals surface area contributed by atoms with Crippen molar-refractivity contribution in [2.24, 2.45) is 5.73 Å². The standard InChI is InChI=1S/C17H17Cl2N3O/c18-12-2-3-13(14(19)6-12)17(4-1-5-17)7-16-21-9-11(10-22-16)15(23)8-20/h2-3,6,9-10H,1,4-5,7-8,20H2. The predicted octanol–water partition coefficient (Wildman–Crippen LogP) is 3.59. The van der Waals surface area contributed by atoms with Gasteiger partial charge in [0.1, 0.15) is 5.82 Å². The molecule has 1 aromatic carbocycles. The summed E-state index contributed by atoms with van der Waals surface area (Å²) in [4.78, 5) is 20.2. The van der Waals surface area contributed by atoms with Gasteiger partial charge >= 0.3 is 0 Å². The summed E-state index contributed by atoms with van der Waals surface area (Å²) in [6.45, 7) is -0.0347. The van der Waals surface area contributed by atoms with Gasteiger partial charge in [-0.2, -0.15) is 0 Å². The van der Waals surface area contributed by atoms with Gasteiger partial charge in [-0.1, -0.05) is 35.7 Å². The number of carbonyl (C=O) groups excluding carboxylic acids is 1. The lowest BCUT2D eigenvalue weighted by Crippen LogP contribution is -2.37. The summed E-state index contributed by atoms with van der Waals surface area (Å²) in [5.41, 5.74) is 6.85. The number of hydrogen-bond acceptors (Lipinski definition) is 4. The maximum absolute atomic E-state index is 11.5. The first-order valence-corrected chi connectivity index (χ1v) is 8.29. The lowest BCUT2D eigenvalue weighted by Gasteiger charge is -2.42. The Hall–Kier alpha value is -1.49. The van der Waals surface area contributed by atoms with E-state index in [1.807, 2.05) is 12.1 Å². The summed E-state index contributed by atoms with van der Waals surface area (Å²) >= 11 is 12.4. The van der Waals surface area contributed by atoms with E-state index in [9.17, 15) is 4.79 Å². The van der Waals surface area contributed by atoms with Gasteiger partial charge in [-0.3, -0.25) is 4.79 Å². The first-order chi connectivity index (χ1) is 11.0. The summed E-state index contributed by atoms with van der Waals surface area (Å²) in [5, 5.41) is 1.32. The topological polar surface area (TPSA) is 68.9 Å². The normalized spacial score (nSPS) is 16.0. The van der Waals surface area contributed by atoms with Crippen molar-refractivity contribution >= 4 is 29.0 Å². The van der Waals surface area contributed by atoms with Gasteiger partial charge in [0.05, 0.1) is 12.1 Å². The molecule has 0 amide bonds. The molecule has 2 aromatic rings. The summed E-state index contributed by atoms with van der Waals surface area (Å²) < 4.78 is 0. The van der Waals surface area contributed by atoms with E-state index in [-0.39, 0.29) is 17.7 Å². The van der Waals surface area contributed by atoms with Crippen molar-refractivity contribution in [3.63, 3.8) is 0 Å². The van der Waals surface area contributed by atoms with Gasteiger partial charge in [-0.15, -0.1) is 0 Å². The van der Waals surface area contributed by atoms with Gasteiger partial charge in [0.2, 0.25) is 0 Å². The molecule has 0 radical (unpaired) electrons. The number of Topliss-reactive ketones (excluding diaryl/α,β-unsaturated/α-hetero) is 1. The second-order valence-corrected chi connectivity index (χ2v) is 6.79. The van der Waals surface area contributed by atoms with Gasteiger partial charge < -0.3 is 5.73 Å². The second-order valence-electron chi connectivity index (χ2n) is 5.95. The van der Waals surface area contributed by atoms with Crippen molar-refractivity contribution < 1.29 is 4.79 Å². The van der Waals surface area contributed by atoms with Crippen LogP contribution >= 0.6 is 23.2 Å². The second kappa shape index (κ2) is 6.56. The van der Waals surface area contributed by atoms with E-state index in [4.69, 9.17) is 28.9 Å². The Labute approximate surface area is 145 Å². The largest absolute Gasteiger partial charge is 0.324 e. The van der Waals surface area contributed by atoms with Crippen LogP contribution in [0.25, 0.3) is 0 Å². The number of hydrogen-bond donors (Lipinski definition) is 1. The molecule has 120 valence electrons. The molecule has 1 aliphatic rings. The Kier molecular flexibility index (Phi) is 4.67. The maximum atomic E-state index is 11.5. The molecule has 0 bridgehead atoms. The minimum absolute atomic E-state index is 0.0347. The quantitative estimate of drug-likeness (QED) is 0.837. The third-order valence-corrected chi connectivity index (χ3v) is 5.07. The zero-order valence-corrected chi connectivity index (χ0v) is 14.1. The fraction of sp³-hybridized carbons (Fsp3) is 0.353. The van der Waals surface area contributed by atoms with Crippen molar-refractivity contribution in [3.05, 3.63) is 57.6 Å². The number of ketones is 1. The number of rotatable bonds is 5. The van der Waals surface area contributed by atoms with Crippen LogP contribution in [0.3, 0.4) is 0 Å². The van der Waals surface area contributed by atoms with Gasteiger partial charge in [0, 0.05) is 34.3 Å². The van der Waals surface area contributed by atoms with E-state index < -0.39 is 0 Å². The molecule has 0 unspecified atom stereocenters. The zero-order chi connectivity index (χ0) is 16.4. The number of benzene rings is 1. The van der Waals surface area contributed by atoms with E-state index in [0.29, 0.717) is 27.9 Å². The molecule has 3 rings (SSSR count). The van der Waals surface area contributed by atoms with E-state index in [2.05, 4.69) is 9.97 Å². The summed E-state index contributed by atoms with van der Waals surface area (Å²) in [6, 6.07) is 5.64. The van der Waals surface area contributed by atoms with Crippen LogP contribution in [0, 0.1) is 0 Å². The fourth-order valence-corrected chi connectivity index (χ4v) is 3.68. The molecule has 1 saturated carbocycles. The smallest absolute Gasteiger partial charge is 0.179 e. The molecule has 0 aliphatic heterocycles. The van der Waals surface area contributed by atoms with Crippen molar-refractivity contribution in [2.45, 2.75) is 31.1 Å². The Bertz CT molecular complexity index is 727. The zero-order valence-electron chi connectivity index (χ0n) is 12.6. The Morgan fingerprint density at radius 2 is 1.91 bits per heavy atom. The number of nitrogens with zero attached hydrogens (tertiary/aromatic N) is 2. The first kappa shape index (κ1) is 16.4. The van der Waals surface area contributed by atoms with Crippen molar-refractivity contribution in [2.75, 3.05) is 6.54 Å². The van der Waals surface area contributed by atoms with Gasteiger partial charge in [-0.05, 0) is 30.5 Å². The van der Waals surface area contributed by atoms with E-state index in [1.54, 1.807) is 18.5 Å². The molecule has 1 aromatic heterocycles. The summed E-state index contributed by atoms with van der Waals surface area (Å²) in [6.07, 6.45) is 7.04. The number of nitrogens with two attached hydrogens (primary N) is 1. The van der Waals surface area contributed by atoms with E-state index in [0.717, 1.165) is 24.8 Å². The number of halogens is 2. The highest BCUT2D eigenvalue weighted by atomic mass is 35.5. The van der Waals surface area contributed by atoms with Crippen LogP contribution in [0.5, 0.6) is 0 Å². The number of aromatic nitrogens is 2. The minimum Gasteiger partial charge on any atom is -0.324 e. The Morgan fingerprint density at radius 3 is 2.43 bits per heavy atom. The van der Waals surface area contributed by atoms with Crippen LogP contribution in [0.4, 0.5) is 0 Å². The van der Waals surface area contributed by atoms with Crippen molar-refractivity contribution in [3.8, 4) is 0 Å². The van der Waals surface area contributed by atoms with Crippen molar-refractivity contribution in [1.82, 2.24) is 9.97 Å². The maximum Gasteiger partial charge on any atom is 0.179 e. The Morgan fingerprint density at radius 1 is 1.22 bits per heavy atom. The highest BCUT2D eigenvalue weighted by molar-refractivity contribution is 6.35. The molecular formula is C17H17Cl2N3O. The molecule has 0 saturated heterocycles. The van der Waals surface area contributed by atoms with Crippen LogP contribution in [0.1, 0.15) is 41.0 Å². The van der Waals surface area contributed by atoms with E-state index >= 15 is 0 Å². The lowest BCUT2D eigenvalue weighted by atomic mass is 9.62. The Balaban J connectivity index is 1.86. The average Bonchev–Trinajstić information content (AvgIpc) is 2.51. The molecule has 1 heterocycles. The highest BCUT2D eigenvalue weighted by Gasteiger charge is 2.40. The van der Waals surface area contributed by atoms with Crippen LogP contribution in [0.15, 0.2) is 30.6 Å². The third kappa shape index (κ3) is 3.25. The monoisotopic (exact) mass is 349 g/mol. The molecular weight excluding hydrogens is 333 g/mol. The van der Waals surface area contributed by atoms with Gasteiger partial charge in [-0.25, -0.2) is 9.97 Å². The van der Waals surface area contributed by atoms with Gasteiger partial charge in [0.25, 0.3) is 0 Å².